The molecule has 0 amide bonds. The number of anilines is 2. The zero-order chi connectivity index (χ0) is 18.0. The number of nitrogens with zero attached hydrogens (tertiary/aromatic N) is 4. The zero-order valence-corrected chi connectivity index (χ0v) is 14.5. The van der Waals surface area contributed by atoms with E-state index in [1.807, 2.05) is 31.3 Å². The van der Waals surface area contributed by atoms with Gasteiger partial charge in [-0.25, -0.2) is 14.4 Å². The van der Waals surface area contributed by atoms with Crippen molar-refractivity contribution in [2.75, 3.05) is 31.3 Å². The molecular weight excluding hydrogens is 317 g/mol. The number of rotatable bonds is 4. The Morgan fingerprint density at radius 1 is 1.16 bits per heavy atom. The van der Waals surface area contributed by atoms with Gasteiger partial charge in [0.15, 0.2) is 0 Å². The molecule has 0 atom stereocenters. The van der Waals surface area contributed by atoms with Crippen LogP contribution in [0.1, 0.15) is 12.5 Å². The molecule has 2 N–H and O–H groups in total. The molecule has 0 aliphatic rings. The Kier molecular flexibility index (Phi) is 4.61. The standard InChI is InChI=1S/C19H20FN5/c1-4-25(3)18-8-7-16-17(24-18)6-5-15(23-16)12-9-13(11-22-2)19(21)14(20)10-12/h5-11H,4,21H2,1-3H3. The highest BCUT2D eigenvalue weighted by Crippen LogP contribution is 2.26. The Morgan fingerprint density at radius 2 is 1.88 bits per heavy atom. The molecule has 0 saturated heterocycles. The molecule has 128 valence electrons. The second kappa shape index (κ2) is 6.84. The highest BCUT2D eigenvalue weighted by molar-refractivity contribution is 5.90. The summed E-state index contributed by atoms with van der Waals surface area (Å²) in [4.78, 5) is 15.2. The van der Waals surface area contributed by atoms with Gasteiger partial charge < -0.3 is 10.6 Å². The van der Waals surface area contributed by atoms with E-state index in [2.05, 4.69) is 26.8 Å². The van der Waals surface area contributed by atoms with Crippen molar-refractivity contribution in [3.8, 4) is 11.3 Å². The van der Waals surface area contributed by atoms with Crippen LogP contribution in [0.3, 0.4) is 0 Å². The summed E-state index contributed by atoms with van der Waals surface area (Å²) in [7, 11) is 3.61. The van der Waals surface area contributed by atoms with Crippen LogP contribution in [0.15, 0.2) is 41.4 Å². The quantitative estimate of drug-likeness (QED) is 0.584. The lowest BCUT2D eigenvalue weighted by Gasteiger charge is -2.15. The molecule has 5 nitrogen and oxygen atoms in total. The Morgan fingerprint density at radius 3 is 2.60 bits per heavy atom. The Hall–Kier alpha value is -3.02. The molecule has 0 aliphatic carbocycles. The first-order valence-electron chi connectivity index (χ1n) is 8.04. The molecule has 0 aliphatic heterocycles. The molecule has 0 unspecified atom stereocenters. The Balaban J connectivity index is 2.08. The largest absolute Gasteiger partial charge is 0.396 e. The van der Waals surface area contributed by atoms with Crippen molar-refractivity contribution in [3.05, 3.63) is 47.8 Å². The lowest BCUT2D eigenvalue weighted by molar-refractivity contribution is 0.633. The van der Waals surface area contributed by atoms with Crippen molar-refractivity contribution >= 4 is 28.8 Å². The Bertz CT molecular complexity index is 952. The van der Waals surface area contributed by atoms with Gasteiger partial charge in [-0.05, 0) is 43.3 Å². The molecule has 1 aromatic carbocycles. The van der Waals surface area contributed by atoms with Crippen molar-refractivity contribution in [1.29, 1.82) is 0 Å². The van der Waals surface area contributed by atoms with Crippen LogP contribution in [-0.2, 0) is 0 Å². The van der Waals surface area contributed by atoms with Crippen LogP contribution in [0, 0.1) is 5.82 Å². The lowest BCUT2D eigenvalue weighted by atomic mass is 10.1. The van der Waals surface area contributed by atoms with Crippen molar-refractivity contribution < 1.29 is 4.39 Å². The van der Waals surface area contributed by atoms with Crippen LogP contribution in [0.4, 0.5) is 15.9 Å². The molecule has 0 radical (unpaired) electrons. The zero-order valence-electron chi connectivity index (χ0n) is 14.5. The average molecular weight is 337 g/mol. The third-order valence-electron chi connectivity index (χ3n) is 4.12. The fourth-order valence-corrected chi connectivity index (χ4v) is 2.57. The number of pyridine rings is 2. The topological polar surface area (TPSA) is 67.4 Å². The van der Waals surface area contributed by atoms with E-state index in [1.54, 1.807) is 13.1 Å². The third kappa shape index (κ3) is 3.28. The van der Waals surface area contributed by atoms with Gasteiger partial charge in [0.1, 0.15) is 11.6 Å². The minimum absolute atomic E-state index is 0.0871. The maximum absolute atomic E-state index is 14.1. The summed E-state index contributed by atoms with van der Waals surface area (Å²) in [6.45, 7) is 2.94. The summed E-state index contributed by atoms with van der Waals surface area (Å²) < 4.78 is 14.1. The summed E-state index contributed by atoms with van der Waals surface area (Å²) >= 11 is 0. The molecule has 0 fully saturated rings. The van der Waals surface area contributed by atoms with Crippen LogP contribution in [-0.4, -0.2) is 36.8 Å². The van der Waals surface area contributed by atoms with Crippen LogP contribution in [0.25, 0.3) is 22.3 Å². The van der Waals surface area contributed by atoms with Gasteiger partial charge in [0.25, 0.3) is 0 Å². The van der Waals surface area contributed by atoms with Crippen molar-refractivity contribution in [3.63, 3.8) is 0 Å². The van der Waals surface area contributed by atoms with E-state index in [9.17, 15) is 4.39 Å². The van der Waals surface area contributed by atoms with E-state index >= 15 is 0 Å². The number of halogens is 1. The number of nitrogens with two attached hydrogens (primary N) is 1. The average Bonchev–Trinajstić information content (AvgIpc) is 2.63. The normalized spacial score (nSPS) is 11.4. The molecule has 0 saturated carbocycles. The van der Waals surface area contributed by atoms with E-state index in [0.717, 1.165) is 23.4 Å². The second-order valence-electron chi connectivity index (χ2n) is 5.77. The van der Waals surface area contributed by atoms with Gasteiger partial charge in [0.2, 0.25) is 0 Å². The molecule has 0 spiro atoms. The fraction of sp³-hybridized carbons (Fsp3) is 0.211. The number of nitrogen functional groups attached to an aromatic ring is 1. The highest BCUT2D eigenvalue weighted by atomic mass is 19.1. The number of fused-ring (bicyclic) bond motifs is 1. The van der Waals surface area contributed by atoms with E-state index in [4.69, 9.17) is 5.73 Å². The first-order valence-corrected chi connectivity index (χ1v) is 8.04. The molecule has 3 aromatic rings. The van der Waals surface area contributed by atoms with Crippen LogP contribution < -0.4 is 10.6 Å². The Labute approximate surface area is 146 Å². The smallest absolute Gasteiger partial charge is 0.147 e. The lowest BCUT2D eigenvalue weighted by Crippen LogP contribution is -2.16. The van der Waals surface area contributed by atoms with Gasteiger partial charge in [-0.2, -0.15) is 0 Å². The summed E-state index contributed by atoms with van der Waals surface area (Å²) in [5, 5.41) is 0. The fourth-order valence-electron chi connectivity index (χ4n) is 2.57. The van der Waals surface area contributed by atoms with Gasteiger partial charge in [-0.1, -0.05) is 0 Å². The van der Waals surface area contributed by atoms with Gasteiger partial charge >= 0.3 is 0 Å². The molecule has 6 heteroatoms. The molecule has 3 rings (SSSR count). The van der Waals surface area contributed by atoms with E-state index in [-0.39, 0.29) is 5.69 Å². The number of hydrogen-bond donors (Lipinski definition) is 1. The minimum Gasteiger partial charge on any atom is -0.396 e. The summed E-state index contributed by atoms with van der Waals surface area (Å²) in [5.41, 5.74) is 9.26. The molecular formula is C19H20FN5. The van der Waals surface area contributed by atoms with Crippen molar-refractivity contribution in [2.45, 2.75) is 6.92 Å². The molecule has 2 heterocycles. The van der Waals surface area contributed by atoms with E-state index < -0.39 is 5.82 Å². The number of aromatic nitrogens is 2. The second-order valence-corrected chi connectivity index (χ2v) is 5.77. The molecule has 2 aromatic heterocycles. The van der Waals surface area contributed by atoms with Gasteiger partial charge in [0.05, 0.1) is 22.4 Å². The number of aliphatic imine (C=N–C) groups is 1. The predicted octanol–water partition coefficient (Wildman–Crippen LogP) is 3.52. The summed E-state index contributed by atoms with van der Waals surface area (Å²) in [6, 6.07) is 10.8. The van der Waals surface area contributed by atoms with Gasteiger partial charge in [-0.15, -0.1) is 0 Å². The minimum atomic E-state index is -0.479. The third-order valence-corrected chi connectivity index (χ3v) is 4.12. The first-order chi connectivity index (χ1) is 12.0. The van der Waals surface area contributed by atoms with Crippen LogP contribution in [0.2, 0.25) is 0 Å². The maximum Gasteiger partial charge on any atom is 0.147 e. The number of hydrogen-bond acceptors (Lipinski definition) is 5. The van der Waals surface area contributed by atoms with Crippen molar-refractivity contribution in [1.82, 2.24) is 9.97 Å². The van der Waals surface area contributed by atoms with Crippen LogP contribution >= 0.6 is 0 Å². The van der Waals surface area contributed by atoms with Crippen LogP contribution in [0.5, 0.6) is 0 Å². The van der Waals surface area contributed by atoms with Gasteiger partial charge in [-0.3, -0.25) is 4.99 Å². The highest BCUT2D eigenvalue weighted by Gasteiger charge is 2.10. The molecule has 25 heavy (non-hydrogen) atoms. The van der Waals surface area contributed by atoms with Gasteiger partial charge in [0, 0.05) is 38.0 Å². The predicted molar refractivity (Wildman–Crippen MR) is 102 cm³/mol. The van der Waals surface area contributed by atoms with Crippen molar-refractivity contribution in [2.24, 2.45) is 4.99 Å². The first kappa shape index (κ1) is 16.8. The molecule has 0 bridgehead atoms. The van der Waals surface area contributed by atoms with E-state index in [1.165, 1.54) is 12.3 Å². The summed E-state index contributed by atoms with van der Waals surface area (Å²) in [6.07, 6.45) is 1.54. The maximum atomic E-state index is 14.1. The van der Waals surface area contributed by atoms with E-state index in [0.29, 0.717) is 16.8 Å². The summed E-state index contributed by atoms with van der Waals surface area (Å²) in [5.74, 6) is 0.414. The monoisotopic (exact) mass is 337 g/mol. The number of benzene rings is 1. The SMILES string of the molecule is CCN(C)c1ccc2nc(-c3cc(F)c(N)c(C=NC)c3)ccc2n1.